The summed E-state index contributed by atoms with van der Waals surface area (Å²) in [5.74, 6) is -0.290. The smallest absolute Gasteiger partial charge is 0.306 e. The number of carbonyl (C=O) groups is 2. The van der Waals surface area contributed by atoms with Gasteiger partial charge < -0.3 is 15.7 Å². The van der Waals surface area contributed by atoms with Crippen LogP contribution in [-0.2, 0) is 9.59 Å². The Morgan fingerprint density at radius 2 is 2.11 bits per heavy atom. The zero-order valence-corrected chi connectivity index (χ0v) is 10.7. The van der Waals surface area contributed by atoms with Gasteiger partial charge in [-0.05, 0) is 51.1 Å². The third-order valence-corrected chi connectivity index (χ3v) is 4.09. The van der Waals surface area contributed by atoms with Crippen LogP contribution in [-0.4, -0.2) is 36.1 Å². The molecule has 0 aromatic carbocycles. The van der Waals surface area contributed by atoms with Crippen molar-refractivity contribution in [3.05, 3.63) is 0 Å². The number of hydrogen-bond acceptors (Lipinski definition) is 3. The van der Waals surface area contributed by atoms with E-state index in [0.717, 1.165) is 32.4 Å². The first kappa shape index (κ1) is 13.3. The summed E-state index contributed by atoms with van der Waals surface area (Å²) in [5.41, 5.74) is 0. The molecule has 5 heteroatoms. The predicted molar refractivity (Wildman–Crippen MR) is 67.1 cm³/mol. The third kappa shape index (κ3) is 3.70. The molecular weight excluding hydrogens is 232 g/mol. The fourth-order valence-electron chi connectivity index (χ4n) is 2.93. The maximum Gasteiger partial charge on any atom is 0.306 e. The molecule has 2 aliphatic rings. The maximum absolute atomic E-state index is 11.8. The molecule has 0 bridgehead atoms. The summed E-state index contributed by atoms with van der Waals surface area (Å²) in [5, 5.41) is 15.1. The Morgan fingerprint density at radius 1 is 1.28 bits per heavy atom. The lowest BCUT2D eigenvalue weighted by Crippen LogP contribution is -2.33. The Labute approximate surface area is 107 Å². The molecule has 3 unspecified atom stereocenters. The summed E-state index contributed by atoms with van der Waals surface area (Å²) < 4.78 is 0. The Kier molecular flexibility index (Phi) is 4.58. The predicted octanol–water partition coefficient (Wildman–Crippen LogP) is 0.746. The molecule has 0 aromatic heterocycles. The summed E-state index contributed by atoms with van der Waals surface area (Å²) in [6.07, 6.45) is 4.75. The summed E-state index contributed by atoms with van der Waals surface area (Å²) in [6.45, 7) is 2.09. The third-order valence-electron chi connectivity index (χ3n) is 4.09. The van der Waals surface area contributed by atoms with E-state index in [0.29, 0.717) is 25.2 Å². The van der Waals surface area contributed by atoms with Gasteiger partial charge in [-0.1, -0.05) is 0 Å². The highest BCUT2D eigenvalue weighted by Gasteiger charge is 2.30. The van der Waals surface area contributed by atoms with E-state index < -0.39 is 5.97 Å². The second kappa shape index (κ2) is 6.18. The van der Waals surface area contributed by atoms with Crippen molar-refractivity contribution < 1.29 is 14.7 Å². The van der Waals surface area contributed by atoms with Gasteiger partial charge in [0.1, 0.15) is 0 Å². The lowest BCUT2D eigenvalue weighted by molar-refractivity contribution is -0.141. The lowest BCUT2D eigenvalue weighted by atomic mass is 10.0. The van der Waals surface area contributed by atoms with Crippen LogP contribution in [0.2, 0.25) is 0 Å². The van der Waals surface area contributed by atoms with E-state index in [1.165, 1.54) is 0 Å². The van der Waals surface area contributed by atoms with Gasteiger partial charge >= 0.3 is 5.97 Å². The first-order valence-electron chi connectivity index (χ1n) is 6.88. The second-order valence-corrected chi connectivity index (χ2v) is 5.51. The fraction of sp³-hybridized carbons (Fsp3) is 0.846. The van der Waals surface area contributed by atoms with Crippen LogP contribution in [0.4, 0.5) is 0 Å². The number of hydrogen-bond donors (Lipinski definition) is 3. The number of aliphatic carboxylic acids is 1. The van der Waals surface area contributed by atoms with Gasteiger partial charge in [-0.2, -0.15) is 0 Å². The van der Waals surface area contributed by atoms with Gasteiger partial charge in [0, 0.05) is 12.5 Å². The maximum atomic E-state index is 11.8. The minimum Gasteiger partial charge on any atom is -0.481 e. The molecule has 2 rings (SSSR count). The highest BCUT2D eigenvalue weighted by molar-refractivity contribution is 5.76. The average Bonchev–Trinajstić information content (AvgIpc) is 2.96. The van der Waals surface area contributed by atoms with Gasteiger partial charge in [0.15, 0.2) is 0 Å². The quantitative estimate of drug-likeness (QED) is 0.676. The zero-order chi connectivity index (χ0) is 13.0. The Morgan fingerprint density at radius 3 is 2.72 bits per heavy atom. The van der Waals surface area contributed by atoms with E-state index in [9.17, 15) is 9.59 Å². The van der Waals surface area contributed by atoms with Crippen LogP contribution < -0.4 is 10.6 Å². The molecule has 1 saturated heterocycles. The van der Waals surface area contributed by atoms with E-state index in [4.69, 9.17) is 5.11 Å². The molecular formula is C13H22N2O3. The van der Waals surface area contributed by atoms with Gasteiger partial charge in [-0.15, -0.1) is 0 Å². The van der Waals surface area contributed by atoms with Gasteiger partial charge in [-0.25, -0.2) is 0 Å². The molecule has 0 aromatic rings. The fourth-order valence-corrected chi connectivity index (χ4v) is 2.93. The minimum absolute atomic E-state index is 0.0697. The molecule has 18 heavy (non-hydrogen) atoms. The van der Waals surface area contributed by atoms with Crippen molar-refractivity contribution in [1.82, 2.24) is 10.6 Å². The second-order valence-electron chi connectivity index (χ2n) is 5.51. The van der Waals surface area contributed by atoms with E-state index in [1.807, 2.05) is 0 Å². The van der Waals surface area contributed by atoms with Gasteiger partial charge in [-0.3, -0.25) is 9.59 Å². The van der Waals surface area contributed by atoms with E-state index in [1.54, 1.807) is 0 Å². The molecule has 1 saturated carbocycles. The van der Waals surface area contributed by atoms with Crippen molar-refractivity contribution in [2.24, 2.45) is 11.8 Å². The Balaban J connectivity index is 1.63. The standard InChI is InChI=1S/C13H22N2O3/c16-12(4-1-9-5-6-14-8-9)15-11-3-2-10(7-11)13(17)18/h9-11,14H,1-8H2,(H,15,16)(H,17,18). The highest BCUT2D eigenvalue weighted by Crippen LogP contribution is 2.25. The normalized spacial score (nSPS) is 31.4. The largest absolute Gasteiger partial charge is 0.481 e. The van der Waals surface area contributed by atoms with Crippen molar-refractivity contribution in [3.8, 4) is 0 Å². The highest BCUT2D eigenvalue weighted by atomic mass is 16.4. The number of rotatable bonds is 5. The molecule has 0 radical (unpaired) electrons. The number of carbonyl (C=O) groups excluding carboxylic acids is 1. The van der Waals surface area contributed by atoms with Crippen molar-refractivity contribution in [1.29, 1.82) is 0 Å². The molecule has 3 N–H and O–H groups in total. The number of carboxylic acids is 1. The summed E-state index contributed by atoms with van der Waals surface area (Å²) >= 11 is 0. The lowest BCUT2D eigenvalue weighted by Gasteiger charge is -2.13. The number of nitrogens with one attached hydrogen (secondary N) is 2. The topological polar surface area (TPSA) is 78.4 Å². The molecule has 1 heterocycles. The summed E-state index contributed by atoms with van der Waals surface area (Å²) in [6, 6.07) is 0.0697. The monoisotopic (exact) mass is 254 g/mol. The van der Waals surface area contributed by atoms with Crippen LogP contribution in [0, 0.1) is 11.8 Å². The van der Waals surface area contributed by atoms with Crippen LogP contribution in [0.3, 0.4) is 0 Å². The van der Waals surface area contributed by atoms with E-state index in [-0.39, 0.29) is 17.9 Å². The molecule has 5 nitrogen and oxygen atoms in total. The van der Waals surface area contributed by atoms with Gasteiger partial charge in [0.05, 0.1) is 5.92 Å². The molecule has 1 amide bonds. The summed E-state index contributed by atoms with van der Waals surface area (Å²) in [4.78, 5) is 22.6. The van der Waals surface area contributed by atoms with Gasteiger partial charge in [0.2, 0.25) is 5.91 Å². The molecule has 102 valence electrons. The van der Waals surface area contributed by atoms with Crippen LogP contribution in [0.1, 0.15) is 38.5 Å². The van der Waals surface area contributed by atoms with Crippen LogP contribution in [0.5, 0.6) is 0 Å². The molecule has 1 aliphatic carbocycles. The summed E-state index contributed by atoms with van der Waals surface area (Å²) in [7, 11) is 0. The number of carboxylic acid groups (broad SMARTS) is 1. The minimum atomic E-state index is -0.733. The van der Waals surface area contributed by atoms with Crippen molar-refractivity contribution >= 4 is 11.9 Å². The van der Waals surface area contributed by atoms with Crippen molar-refractivity contribution in [3.63, 3.8) is 0 Å². The zero-order valence-electron chi connectivity index (χ0n) is 10.7. The van der Waals surface area contributed by atoms with E-state index >= 15 is 0 Å². The van der Waals surface area contributed by atoms with Gasteiger partial charge in [0.25, 0.3) is 0 Å². The van der Waals surface area contributed by atoms with E-state index in [2.05, 4.69) is 10.6 Å². The Bertz CT molecular complexity index is 313. The number of amides is 1. The Hall–Kier alpha value is -1.10. The van der Waals surface area contributed by atoms with Crippen molar-refractivity contribution in [2.45, 2.75) is 44.6 Å². The van der Waals surface area contributed by atoms with Crippen LogP contribution in [0.25, 0.3) is 0 Å². The first-order valence-corrected chi connectivity index (χ1v) is 6.88. The van der Waals surface area contributed by atoms with Crippen molar-refractivity contribution in [2.75, 3.05) is 13.1 Å². The first-order chi connectivity index (χ1) is 8.65. The average molecular weight is 254 g/mol. The molecule has 2 fully saturated rings. The SMILES string of the molecule is O=C(CCC1CCNC1)NC1CCC(C(=O)O)C1. The van der Waals surface area contributed by atoms with Crippen LogP contribution >= 0.6 is 0 Å². The molecule has 0 spiro atoms. The molecule has 1 aliphatic heterocycles. The van der Waals surface area contributed by atoms with Crippen LogP contribution in [0.15, 0.2) is 0 Å². The molecule has 3 atom stereocenters.